The first kappa shape index (κ1) is 29.4. The molecule has 0 aromatic heterocycles. The normalized spacial score (nSPS) is 12.9. The van der Waals surface area contributed by atoms with Crippen LogP contribution < -0.4 is 5.32 Å². The Morgan fingerprint density at radius 1 is 0.667 bits per heavy atom. The molecule has 180 valence electrons. The van der Waals surface area contributed by atoms with Crippen molar-refractivity contribution in [2.24, 2.45) is 0 Å². The highest BCUT2D eigenvalue weighted by Crippen LogP contribution is 2.14. The molecule has 0 fully saturated rings. The van der Waals surface area contributed by atoms with Gasteiger partial charge in [0.15, 0.2) is 6.04 Å². The van der Waals surface area contributed by atoms with Crippen LogP contribution in [0.2, 0.25) is 0 Å². The molecule has 0 saturated heterocycles. The van der Waals surface area contributed by atoms with Gasteiger partial charge in [0.25, 0.3) is 0 Å². The summed E-state index contributed by atoms with van der Waals surface area (Å²) in [5.74, 6) is -0.680. The molecule has 1 atom stereocenters. The lowest BCUT2D eigenvalue weighted by Gasteiger charge is -2.31. The van der Waals surface area contributed by atoms with Gasteiger partial charge in [-0.1, -0.05) is 103 Å². The summed E-state index contributed by atoms with van der Waals surface area (Å²) in [6.45, 7) is 4.29. The minimum atomic E-state index is -0.680. The molecule has 0 aliphatic carbocycles. The zero-order valence-corrected chi connectivity index (χ0v) is 21.0. The lowest BCUT2D eigenvalue weighted by atomic mass is 10.0. The van der Waals surface area contributed by atoms with Crippen LogP contribution in [-0.2, 0) is 4.79 Å². The highest BCUT2D eigenvalue weighted by Gasteiger charge is 2.30. The van der Waals surface area contributed by atoms with Crippen molar-refractivity contribution in [3.8, 4) is 0 Å². The number of unbranched alkanes of at least 4 members (excludes halogenated alkanes) is 15. The summed E-state index contributed by atoms with van der Waals surface area (Å²) in [4.78, 5) is 11.3. The number of hydrogen-bond acceptors (Lipinski definition) is 2. The Hall–Kier alpha value is -0.610. The second-order valence-electron chi connectivity index (χ2n) is 10.2. The van der Waals surface area contributed by atoms with Gasteiger partial charge in [-0.2, -0.15) is 0 Å². The monoisotopic (exact) mass is 427 g/mol. The van der Waals surface area contributed by atoms with Crippen LogP contribution in [-0.4, -0.2) is 55.8 Å². The summed E-state index contributed by atoms with van der Waals surface area (Å²) in [5, 5.41) is 12.8. The smallest absolute Gasteiger partial charge is 0.362 e. The zero-order chi connectivity index (χ0) is 22.5. The number of carboxylic acid groups (broad SMARTS) is 1. The second-order valence-corrected chi connectivity index (χ2v) is 10.2. The Morgan fingerprint density at radius 2 is 1.03 bits per heavy atom. The fourth-order valence-corrected chi connectivity index (χ4v) is 4.19. The fourth-order valence-electron chi connectivity index (χ4n) is 4.19. The Bertz CT molecular complexity index is 380. The van der Waals surface area contributed by atoms with Crippen molar-refractivity contribution in [2.45, 2.75) is 129 Å². The SMILES string of the molecule is CCCCCCCCCCCCCCCCCCNCCCC(C(=O)O)[N+](C)(C)C. The van der Waals surface area contributed by atoms with Crippen molar-refractivity contribution < 1.29 is 14.4 Å². The predicted molar refractivity (Wildman–Crippen MR) is 131 cm³/mol. The van der Waals surface area contributed by atoms with Gasteiger partial charge in [0.1, 0.15) is 0 Å². The van der Waals surface area contributed by atoms with E-state index in [9.17, 15) is 9.90 Å². The van der Waals surface area contributed by atoms with E-state index in [4.69, 9.17) is 0 Å². The average molecular weight is 428 g/mol. The summed E-state index contributed by atoms with van der Waals surface area (Å²) in [5.41, 5.74) is 0. The summed E-state index contributed by atoms with van der Waals surface area (Å²) in [6.07, 6.45) is 24.2. The lowest BCUT2D eigenvalue weighted by Crippen LogP contribution is -2.50. The molecule has 0 saturated carbocycles. The molecule has 0 aliphatic heterocycles. The van der Waals surface area contributed by atoms with Gasteiger partial charge in [0.05, 0.1) is 21.1 Å². The first-order valence-electron chi connectivity index (χ1n) is 13.1. The Balaban J connectivity index is 3.24. The van der Waals surface area contributed by atoms with Crippen LogP contribution in [0.4, 0.5) is 0 Å². The average Bonchev–Trinajstić information content (AvgIpc) is 2.68. The van der Waals surface area contributed by atoms with Gasteiger partial charge in [-0.3, -0.25) is 0 Å². The molecule has 0 radical (unpaired) electrons. The standard InChI is InChI=1S/C26H54N2O2/c1-5-6-7-8-9-10-11-12-13-14-15-16-17-18-19-20-23-27-24-21-22-25(26(29)30)28(2,3)4/h25,27H,5-24H2,1-4H3/p+1. The van der Waals surface area contributed by atoms with Crippen LogP contribution in [0.15, 0.2) is 0 Å². The van der Waals surface area contributed by atoms with E-state index < -0.39 is 5.97 Å². The van der Waals surface area contributed by atoms with E-state index in [1.807, 2.05) is 21.1 Å². The molecule has 0 aromatic carbocycles. The van der Waals surface area contributed by atoms with Gasteiger partial charge in [-0.05, 0) is 25.9 Å². The van der Waals surface area contributed by atoms with Gasteiger partial charge in [-0.15, -0.1) is 0 Å². The molecular weight excluding hydrogens is 372 g/mol. The number of nitrogens with zero attached hydrogens (tertiary/aromatic N) is 1. The van der Waals surface area contributed by atoms with E-state index in [0.717, 1.165) is 25.9 Å². The van der Waals surface area contributed by atoms with Gasteiger partial charge in [0.2, 0.25) is 0 Å². The molecule has 2 N–H and O–H groups in total. The highest BCUT2D eigenvalue weighted by atomic mass is 16.4. The quantitative estimate of drug-likeness (QED) is 0.140. The fraction of sp³-hybridized carbons (Fsp3) is 0.962. The summed E-state index contributed by atoms with van der Waals surface area (Å²) in [6, 6.07) is -0.303. The molecule has 0 aromatic rings. The highest BCUT2D eigenvalue weighted by molar-refractivity contribution is 5.72. The Kier molecular flexibility index (Phi) is 19.9. The van der Waals surface area contributed by atoms with E-state index in [1.54, 1.807) is 0 Å². The van der Waals surface area contributed by atoms with Crippen LogP contribution in [0, 0.1) is 0 Å². The van der Waals surface area contributed by atoms with Crippen LogP contribution >= 0.6 is 0 Å². The lowest BCUT2D eigenvalue weighted by molar-refractivity contribution is -0.887. The van der Waals surface area contributed by atoms with E-state index >= 15 is 0 Å². The van der Waals surface area contributed by atoms with E-state index in [-0.39, 0.29) is 6.04 Å². The molecule has 0 spiro atoms. The Labute approximate surface area is 188 Å². The first-order chi connectivity index (χ1) is 14.4. The van der Waals surface area contributed by atoms with Crippen molar-refractivity contribution >= 4 is 5.97 Å². The third-order valence-corrected chi connectivity index (χ3v) is 6.26. The number of quaternary nitrogens is 1. The van der Waals surface area contributed by atoms with Crippen LogP contribution in [0.25, 0.3) is 0 Å². The zero-order valence-electron chi connectivity index (χ0n) is 21.0. The van der Waals surface area contributed by atoms with Gasteiger partial charge < -0.3 is 14.9 Å². The van der Waals surface area contributed by atoms with Crippen molar-refractivity contribution in [3.05, 3.63) is 0 Å². The van der Waals surface area contributed by atoms with Gasteiger partial charge >= 0.3 is 5.97 Å². The molecule has 0 bridgehead atoms. The number of nitrogens with one attached hydrogen (secondary N) is 1. The third-order valence-electron chi connectivity index (χ3n) is 6.26. The van der Waals surface area contributed by atoms with E-state index in [2.05, 4.69) is 12.2 Å². The van der Waals surface area contributed by atoms with Gasteiger partial charge in [0, 0.05) is 6.42 Å². The Morgan fingerprint density at radius 3 is 1.40 bits per heavy atom. The number of rotatable bonds is 23. The minimum Gasteiger partial charge on any atom is -0.477 e. The molecule has 0 aliphatic rings. The molecule has 0 amide bonds. The second kappa shape index (κ2) is 20.3. The molecule has 30 heavy (non-hydrogen) atoms. The molecular formula is C26H55N2O2+. The summed E-state index contributed by atoms with van der Waals surface area (Å²) < 4.78 is 0.495. The summed E-state index contributed by atoms with van der Waals surface area (Å²) in [7, 11) is 5.88. The first-order valence-corrected chi connectivity index (χ1v) is 13.1. The maximum absolute atomic E-state index is 11.3. The van der Waals surface area contributed by atoms with E-state index in [0.29, 0.717) is 4.48 Å². The van der Waals surface area contributed by atoms with Crippen molar-refractivity contribution in [2.75, 3.05) is 34.2 Å². The minimum absolute atomic E-state index is 0.303. The number of aliphatic carboxylic acids is 1. The maximum Gasteiger partial charge on any atom is 0.362 e. The molecule has 0 rings (SSSR count). The third kappa shape index (κ3) is 19.4. The predicted octanol–water partition coefficient (Wildman–Crippen LogP) is 6.78. The summed E-state index contributed by atoms with van der Waals surface area (Å²) >= 11 is 0. The van der Waals surface area contributed by atoms with Crippen LogP contribution in [0.5, 0.6) is 0 Å². The maximum atomic E-state index is 11.3. The number of carbonyl (C=O) groups is 1. The van der Waals surface area contributed by atoms with Crippen LogP contribution in [0.1, 0.15) is 122 Å². The number of likely N-dealkylation sites (N-methyl/N-ethyl adjacent to an activating group) is 1. The number of carboxylic acids is 1. The molecule has 4 nitrogen and oxygen atoms in total. The topological polar surface area (TPSA) is 49.3 Å². The van der Waals surface area contributed by atoms with Crippen molar-refractivity contribution in [3.63, 3.8) is 0 Å². The van der Waals surface area contributed by atoms with E-state index in [1.165, 1.54) is 103 Å². The largest absolute Gasteiger partial charge is 0.477 e. The molecule has 4 heteroatoms. The molecule has 0 heterocycles. The molecule has 1 unspecified atom stereocenters. The van der Waals surface area contributed by atoms with Crippen molar-refractivity contribution in [1.29, 1.82) is 0 Å². The van der Waals surface area contributed by atoms with Crippen LogP contribution in [0.3, 0.4) is 0 Å². The number of hydrogen-bond donors (Lipinski definition) is 2. The van der Waals surface area contributed by atoms with Gasteiger partial charge in [-0.25, -0.2) is 4.79 Å². The van der Waals surface area contributed by atoms with Crippen molar-refractivity contribution in [1.82, 2.24) is 5.32 Å².